The molecule has 0 unspecified atom stereocenters. The van der Waals surface area contributed by atoms with E-state index in [1.165, 1.54) is 36.0 Å². The molecular weight excluding hydrogens is 434 g/mol. The minimum Gasteiger partial charge on any atom is -0.345 e. The third kappa shape index (κ3) is 5.66. The van der Waals surface area contributed by atoms with E-state index in [0.717, 1.165) is 5.56 Å². The lowest BCUT2D eigenvalue weighted by molar-refractivity contribution is -0.384. The summed E-state index contributed by atoms with van der Waals surface area (Å²) in [5, 5.41) is 25.1. The molecule has 3 rings (SSSR count). The average molecular weight is 456 g/mol. The summed E-state index contributed by atoms with van der Waals surface area (Å²) >= 11 is 1.22. The SMILES string of the molecule is CCn1c(CNC(=O)c2cccc([N+](=O)[O-])c2)nnc1SCC(=O)Nc1ncccc1C. The van der Waals surface area contributed by atoms with Crippen molar-refractivity contribution >= 4 is 35.1 Å². The van der Waals surface area contributed by atoms with E-state index in [9.17, 15) is 19.7 Å². The molecule has 32 heavy (non-hydrogen) atoms. The van der Waals surface area contributed by atoms with Crippen molar-refractivity contribution < 1.29 is 14.5 Å². The number of amides is 2. The van der Waals surface area contributed by atoms with Gasteiger partial charge in [0.25, 0.3) is 11.6 Å². The fraction of sp³-hybridized carbons (Fsp3) is 0.250. The van der Waals surface area contributed by atoms with E-state index in [1.807, 2.05) is 19.9 Å². The standard InChI is InChI=1S/C20H21N7O4S/c1-3-26-16(11-22-19(29)14-7-4-8-15(10-14)27(30)31)24-25-20(26)32-12-17(28)23-18-13(2)6-5-9-21-18/h4-10H,3,11-12H2,1-2H3,(H,22,29)(H,21,23,28). The Balaban J connectivity index is 1.59. The number of non-ortho nitro benzene ring substituents is 1. The quantitative estimate of drug-likeness (QED) is 0.284. The first-order valence-electron chi connectivity index (χ1n) is 9.68. The van der Waals surface area contributed by atoms with Crippen molar-refractivity contribution in [2.45, 2.75) is 32.1 Å². The van der Waals surface area contributed by atoms with Gasteiger partial charge in [-0.05, 0) is 31.5 Å². The van der Waals surface area contributed by atoms with Gasteiger partial charge in [-0.25, -0.2) is 4.98 Å². The summed E-state index contributed by atoms with van der Waals surface area (Å²) in [4.78, 5) is 39.1. The van der Waals surface area contributed by atoms with Gasteiger partial charge in [0.05, 0.1) is 17.2 Å². The molecule has 0 saturated carbocycles. The summed E-state index contributed by atoms with van der Waals surface area (Å²) in [6, 6.07) is 9.13. The van der Waals surface area contributed by atoms with Crippen molar-refractivity contribution in [1.82, 2.24) is 25.1 Å². The van der Waals surface area contributed by atoms with E-state index in [0.29, 0.717) is 23.3 Å². The number of aromatic nitrogens is 4. The van der Waals surface area contributed by atoms with Gasteiger partial charge >= 0.3 is 0 Å². The largest absolute Gasteiger partial charge is 0.345 e. The normalized spacial score (nSPS) is 10.6. The number of hydrogen-bond donors (Lipinski definition) is 2. The van der Waals surface area contributed by atoms with E-state index < -0.39 is 10.8 Å². The summed E-state index contributed by atoms with van der Waals surface area (Å²) in [6.07, 6.45) is 1.61. The molecule has 0 bridgehead atoms. The van der Waals surface area contributed by atoms with Gasteiger partial charge in [-0.15, -0.1) is 10.2 Å². The molecule has 2 heterocycles. The highest BCUT2D eigenvalue weighted by Gasteiger charge is 2.16. The smallest absolute Gasteiger partial charge is 0.270 e. The molecule has 0 aliphatic heterocycles. The summed E-state index contributed by atoms with van der Waals surface area (Å²) in [6.45, 7) is 4.38. The van der Waals surface area contributed by atoms with E-state index in [2.05, 4.69) is 25.8 Å². The molecule has 3 aromatic rings. The van der Waals surface area contributed by atoms with Crippen LogP contribution in [0.1, 0.15) is 28.7 Å². The molecule has 11 nitrogen and oxygen atoms in total. The molecule has 2 amide bonds. The molecule has 1 aromatic carbocycles. The Bertz CT molecular complexity index is 1150. The van der Waals surface area contributed by atoms with E-state index >= 15 is 0 Å². The van der Waals surface area contributed by atoms with Crippen LogP contribution in [0.4, 0.5) is 11.5 Å². The van der Waals surface area contributed by atoms with Gasteiger partial charge in [0, 0.05) is 30.4 Å². The number of pyridine rings is 1. The zero-order chi connectivity index (χ0) is 23.1. The number of carbonyl (C=O) groups excluding carboxylic acids is 2. The van der Waals surface area contributed by atoms with Crippen LogP contribution in [-0.4, -0.2) is 42.2 Å². The number of benzene rings is 1. The predicted molar refractivity (Wildman–Crippen MR) is 118 cm³/mol. The van der Waals surface area contributed by atoms with E-state index in [1.54, 1.807) is 16.8 Å². The Hall–Kier alpha value is -3.80. The maximum absolute atomic E-state index is 12.4. The van der Waals surface area contributed by atoms with Crippen molar-refractivity contribution in [3.8, 4) is 0 Å². The first-order valence-corrected chi connectivity index (χ1v) is 10.7. The first kappa shape index (κ1) is 22.9. The number of nitrogens with zero attached hydrogens (tertiary/aromatic N) is 5. The maximum Gasteiger partial charge on any atom is 0.270 e. The molecular formula is C20H21N7O4S. The molecule has 12 heteroatoms. The molecule has 0 aliphatic rings. The number of nitro groups is 1. The molecule has 0 aliphatic carbocycles. The van der Waals surface area contributed by atoms with Crippen LogP contribution in [0.5, 0.6) is 0 Å². The van der Waals surface area contributed by atoms with E-state index in [-0.39, 0.29) is 29.5 Å². The Morgan fingerprint density at radius 1 is 1.22 bits per heavy atom. The van der Waals surface area contributed by atoms with Crippen LogP contribution in [0.15, 0.2) is 47.8 Å². The topological polar surface area (TPSA) is 145 Å². The fourth-order valence-electron chi connectivity index (χ4n) is 2.81. The second-order valence-electron chi connectivity index (χ2n) is 6.64. The number of rotatable bonds is 9. The van der Waals surface area contributed by atoms with Crippen molar-refractivity contribution in [1.29, 1.82) is 0 Å². The predicted octanol–water partition coefficient (Wildman–Crippen LogP) is 2.57. The van der Waals surface area contributed by atoms with Crippen LogP contribution in [0.3, 0.4) is 0 Å². The number of hydrogen-bond acceptors (Lipinski definition) is 8. The van der Waals surface area contributed by atoms with Crippen LogP contribution < -0.4 is 10.6 Å². The Morgan fingerprint density at radius 2 is 2.03 bits per heavy atom. The highest BCUT2D eigenvalue weighted by atomic mass is 32.2. The molecule has 0 radical (unpaired) electrons. The molecule has 2 aromatic heterocycles. The first-order chi connectivity index (χ1) is 15.4. The van der Waals surface area contributed by atoms with Gasteiger partial charge < -0.3 is 15.2 Å². The minimum atomic E-state index is -0.556. The van der Waals surface area contributed by atoms with Gasteiger partial charge in [-0.3, -0.25) is 19.7 Å². The van der Waals surface area contributed by atoms with Crippen LogP contribution in [0.2, 0.25) is 0 Å². The highest BCUT2D eigenvalue weighted by Crippen LogP contribution is 2.18. The number of thioether (sulfide) groups is 1. The third-order valence-electron chi connectivity index (χ3n) is 4.44. The summed E-state index contributed by atoms with van der Waals surface area (Å²) < 4.78 is 1.79. The molecule has 0 fully saturated rings. The van der Waals surface area contributed by atoms with Crippen molar-refractivity contribution in [2.24, 2.45) is 0 Å². The summed E-state index contributed by atoms with van der Waals surface area (Å²) in [7, 11) is 0. The summed E-state index contributed by atoms with van der Waals surface area (Å²) in [5.74, 6) is 0.463. The molecule has 2 N–H and O–H groups in total. The van der Waals surface area contributed by atoms with Crippen LogP contribution in [0.25, 0.3) is 0 Å². The van der Waals surface area contributed by atoms with Crippen molar-refractivity contribution in [3.63, 3.8) is 0 Å². The van der Waals surface area contributed by atoms with E-state index in [4.69, 9.17) is 0 Å². The van der Waals surface area contributed by atoms with Gasteiger partial charge in [0.15, 0.2) is 11.0 Å². The third-order valence-corrected chi connectivity index (χ3v) is 5.40. The number of nitrogens with one attached hydrogen (secondary N) is 2. The maximum atomic E-state index is 12.4. The second kappa shape index (κ2) is 10.5. The Labute approximate surface area is 187 Å². The van der Waals surface area contributed by atoms with Gasteiger partial charge in [-0.2, -0.15) is 0 Å². The fourth-order valence-corrected chi connectivity index (χ4v) is 3.63. The van der Waals surface area contributed by atoms with Crippen LogP contribution >= 0.6 is 11.8 Å². The van der Waals surface area contributed by atoms with Gasteiger partial charge in [-0.1, -0.05) is 23.9 Å². The molecule has 166 valence electrons. The van der Waals surface area contributed by atoms with Gasteiger partial charge in [0.2, 0.25) is 5.91 Å². The second-order valence-corrected chi connectivity index (χ2v) is 7.58. The lowest BCUT2D eigenvalue weighted by Crippen LogP contribution is -2.25. The number of nitro benzene ring substituents is 1. The zero-order valence-corrected chi connectivity index (χ0v) is 18.3. The van der Waals surface area contributed by atoms with Crippen LogP contribution in [-0.2, 0) is 17.9 Å². The van der Waals surface area contributed by atoms with Crippen molar-refractivity contribution in [2.75, 3.05) is 11.1 Å². The summed E-state index contributed by atoms with van der Waals surface area (Å²) in [5.41, 5.74) is 0.884. The van der Waals surface area contributed by atoms with Gasteiger partial charge in [0.1, 0.15) is 5.82 Å². The number of aryl methyl sites for hydroxylation is 1. The molecule has 0 spiro atoms. The lowest BCUT2D eigenvalue weighted by atomic mass is 10.2. The highest BCUT2D eigenvalue weighted by molar-refractivity contribution is 7.99. The van der Waals surface area contributed by atoms with Crippen LogP contribution in [0, 0.1) is 17.0 Å². The monoisotopic (exact) mass is 455 g/mol. The number of carbonyl (C=O) groups is 2. The minimum absolute atomic E-state index is 0.0856. The lowest BCUT2D eigenvalue weighted by Gasteiger charge is -2.09. The Morgan fingerprint density at radius 3 is 2.75 bits per heavy atom. The molecule has 0 saturated heterocycles. The zero-order valence-electron chi connectivity index (χ0n) is 17.4. The van der Waals surface area contributed by atoms with Crippen molar-refractivity contribution in [3.05, 3.63) is 69.7 Å². The molecule has 0 atom stereocenters. The number of anilines is 1. The Kier molecular flexibility index (Phi) is 7.49. The average Bonchev–Trinajstić information content (AvgIpc) is 3.19.